The minimum atomic E-state index is -0.579. The maximum absolute atomic E-state index is 13.2. The Bertz CT molecular complexity index is 1420. The summed E-state index contributed by atoms with van der Waals surface area (Å²) in [6.45, 7) is -0.403. The monoisotopic (exact) mass is 481 g/mol. The molecule has 3 aromatic carbocycles. The third-order valence-corrected chi connectivity index (χ3v) is 6.66. The molecule has 0 bridgehead atoms. The second kappa shape index (κ2) is 10.1. The summed E-state index contributed by atoms with van der Waals surface area (Å²) in [5, 5.41) is 8.97. The first-order valence-corrected chi connectivity index (χ1v) is 12.5. The fraction of sp³-hybridized carbons (Fsp3) is 0.143. The Balaban J connectivity index is 1.40. The first-order valence-electron chi connectivity index (χ1n) is 11.2. The second-order valence-corrected chi connectivity index (χ2v) is 8.91. The van der Waals surface area contributed by atoms with Gasteiger partial charge in [0.25, 0.3) is 5.91 Å². The van der Waals surface area contributed by atoms with E-state index in [4.69, 9.17) is 9.84 Å². The number of amides is 1. The van der Waals surface area contributed by atoms with Gasteiger partial charge in [0.1, 0.15) is 5.03 Å². The fourth-order valence-corrected chi connectivity index (χ4v) is 4.74. The lowest BCUT2D eigenvalue weighted by Gasteiger charge is -2.22. The van der Waals surface area contributed by atoms with Crippen LogP contribution in [-0.4, -0.2) is 40.4 Å². The zero-order valence-corrected chi connectivity index (χ0v) is 19.9. The van der Waals surface area contributed by atoms with Crippen LogP contribution in [0.5, 0.6) is 0 Å². The maximum atomic E-state index is 13.2. The summed E-state index contributed by atoms with van der Waals surface area (Å²) in [4.78, 5) is 30.0. The lowest BCUT2D eigenvalue weighted by molar-refractivity contribution is -0.136. The van der Waals surface area contributed by atoms with Crippen LogP contribution < -0.4 is 0 Å². The number of nitrogens with zero attached hydrogens (tertiary/aromatic N) is 3. The number of carbonyl (C=O) groups is 2. The number of hydrogen-bond acceptors (Lipinski definition) is 6. The molecule has 0 aliphatic carbocycles. The Kier molecular flexibility index (Phi) is 6.59. The van der Waals surface area contributed by atoms with E-state index in [0.29, 0.717) is 17.0 Å². The lowest BCUT2D eigenvalue weighted by Crippen LogP contribution is -2.31. The Morgan fingerprint density at radius 1 is 0.971 bits per heavy atom. The molecular formula is C28H23N3O3S. The maximum Gasteiger partial charge on any atom is 0.341 e. The molecule has 0 N–H and O–H groups in total. The van der Waals surface area contributed by atoms with Crippen molar-refractivity contribution in [2.24, 2.45) is 5.10 Å². The number of rotatable bonds is 6. The predicted octanol–water partition coefficient (Wildman–Crippen LogP) is 5.49. The first-order chi connectivity index (χ1) is 17.1. The minimum absolute atomic E-state index is 0.274. The van der Waals surface area contributed by atoms with Crippen molar-refractivity contribution in [3.8, 4) is 0 Å². The number of esters is 1. The van der Waals surface area contributed by atoms with E-state index in [0.717, 1.165) is 27.6 Å². The zero-order valence-electron chi connectivity index (χ0n) is 19.1. The number of hydrazone groups is 1. The van der Waals surface area contributed by atoms with Crippen LogP contribution in [0.1, 0.15) is 33.9 Å². The van der Waals surface area contributed by atoms with E-state index in [2.05, 4.69) is 29.2 Å². The standard InChI is InChI=1S/C28H23N3O3S/c1-35-27-23(12-7-15-29-27)28(33)34-18-26(32)31-25(20-9-3-2-4-10-20)17-24(30-31)22-14-13-19-8-5-6-11-21(19)16-22/h2-16,25H,17-18H2,1H3/t25-/m0/s1. The summed E-state index contributed by atoms with van der Waals surface area (Å²) in [7, 11) is 0. The summed E-state index contributed by atoms with van der Waals surface area (Å²) in [6.07, 6.45) is 4.02. The van der Waals surface area contributed by atoms with Crippen molar-refractivity contribution in [1.29, 1.82) is 0 Å². The minimum Gasteiger partial charge on any atom is -0.452 e. The van der Waals surface area contributed by atoms with Crippen molar-refractivity contribution in [2.75, 3.05) is 12.9 Å². The van der Waals surface area contributed by atoms with E-state index in [1.165, 1.54) is 16.8 Å². The molecule has 0 fully saturated rings. The van der Waals surface area contributed by atoms with E-state index >= 15 is 0 Å². The van der Waals surface area contributed by atoms with Gasteiger partial charge < -0.3 is 4.74 Å². The molecule has 0 saturated heterocycles. The van der Waals surface area contributed by atoms with Crippen LogP contribution in [0.25, 0.3) is 10.8 Å². The molecule has 174 valence electrons. The zero-order chi connectivity index (χ0) is 24.2. The van der Waals surface area contributed by atoms with Gasteiger partial charge in [0.05, 0.1) is 17.3 Å². The van der Waals surface area contributed by atoms with Crippen LogP contribution >= 0.6 is 11.8 Å². The average molecular weight is 482 g/mol. The summed E-state index contributed by atoms with van der Waals surface area (Å²) >= 11 is 1.35. The SMILES string of the molecule is CSc1ncccc1C(=O)OCC(=O)N1N=C(c2ccc3ccccc3c2)C[C@H]1c1ccccc1. The molecule has 0 saturated carbocycles. The third kappa shape index (κ3) is 4.81. The van der Waals surface area contributed by atoms with Gasteiger partial charge in [0.15, 0.2) is 6.61 Å². The number of pyridine rings is 1. The number of ether oxygens (including phenoxy) is 1. The van der Waals surface area contributed by atoms with Gasteiger partial charge in [-0.25, -0.2) is 14.8 Å². The molecule has 7 heteroatoms. The number of carbonyl (C=O) groups excluding carboxylic acids is 2. The smallest absolute Gasteiger partial charge is 0.341 e. The van der Waals surface area contributed by atoms with Crippen molar-refractivity contribution in [1.82, 2.24) is 9.99 Å². The molecule has 0 spiro atoms. The first kappa shape index (κ1) is 22.8. The number of aromatic nitrogens is 1. The lowest BCUT2D eigenvalue weighted by atomic mass is 9.97. The van der Waals surface area contributed by atoms with E-state index in [1.54, 1.807) is 18.3 Å². The molecule has 1 aliphatic heterocycles. The van der Waals surface area contributed by atoms with E-state index in [1.807, 2.05) is 54.8 Å². The second-order valence-electron chi connectivity index (χ2n) is 8.11. The van der Waals surface area contributed by atoms with Crippen LogP contribution in [0, 0.1) is 0 Å². The molecule has 0 unspecified atom stereocenters. The van der Waals surface area contributed by atoms with Crippen molar-refractivity contribution in [3.05, 3.63) is 108 Å². The Morgan fingerprint density at radius 3 is 2.54 bits per heavy atom. The summed E-state index contributed by atoms with van der Waals surface area (Å²) in [5.41, 5.74) is 3.11. The van der Waals surface area contributed by atoms with Crippen LogP contribution in [0.3, 0.4) is 0 Å². The highest BCUT2D eigenvalue weighted by atomic mass is 32.2. The highest BCUT2D eigenvalue weighted by molar-refractivity contribution is 7.98. The van der Waals surface area contributed by atoms with Gasteiger partial charge in [-0.1, -0.05) is 66.7 Å². The molecule has 5 rings (SSSR count). The number of fused-ring (bicyclic) bond motifs is 1. The third-order valence-electron chi connectivity index (χ3n) is 5.94. The fourth-order valence-electron chi connectivity index (χ4n) is 4.20. The molecule has 1 amide bonds. The summed E-state index contributed by atoms with van der Waals surface area (Å²) in [6, 6.07) is 27.2. The van der Waals surface area contributed by atoms with Crippen molar-refractivity contribution >= 4 is 40.1 Å². The van der Waals surface area contributed by atoms with Crippen molar-refractivity contribution in [2.45, 2.75) is 17.5 Å². The highest BCUT2D eigenvalue weighted by Gasteiger charge is 2.33. The van der Waals surface area contributed by atoms with Crippen molar-refractivity contribution < 1.29 is 14.3 Å². The molecule has 6 nitrogen and oxygen atoms in total. The van der Waals surface area contributed by atoms with Crippen LogP contribution in [0.2, 0.25) is 0 Å². The predicted molar refractivity (Wildman–Crippen MR) is 137 cm³/mol. The van der Waals surface area contributed by atoms with Crippen molar-refractivity contribution in [3.63, 3.8) is 0 Å². The van der Waals surface area contributed by atoms with Crippen LogP contribution in [0.15, 0.2) is 101 Å². The van der Waals surface area contributed by atoms with Gasteiger partial charge in [-0.2, -0.15) is 5.10 Å². The Labute approximate surface area is 207 Å². The summed E-state index contributed by atoms with van der Waals surface area (Å²) in [5.74, 6) is -0.956. The van der Waals surface area contributed by atoms with Gasteiger partial charge in [0, 0.05) is 12.6 Å². The van der Waals surface area contributed by atoms with Crippen LogP contribution in [0.4, 0.5) is 0 Å². The van der Waals surface area contributed by atoms with Gasteiger partial charge in [-0.05, 0) is 46.4 Å². The molecule has 1 atom stereocenters. The van der Waals surface area contributed by atoms with Gasteiger partial charge in [-0.3, -0.25) is 4.79 Å². The molecule has 0 radical (unpaired) electrons. The molecule has 35 heavy (non-hydrogen) atoms. The number of thioether (sulfide) groups is 1. The Morgan fingerprint density at radius 2 is 1.74 bits per heavy atom. The Hall–Kier alpha value is -3.97. The molecule has 1 aliphatic rings. The van der Waals surface area contributed by atoms with E-state index in [-0.39, 0.29) is 11.9 Å². The molecule has 4 aromatic rings. The largest absolute Gasteiger partial charge is 0.452 e. The molecule has 1 aromatic heterocycles. The quantitative estimate of drug-likeness (QED) is 0.269. The normalized spacial score (nSPS) is 15.2. The van der Waals surface area contributed by atoms with Crippen LogP contribution in [-0.2, 0) is 9.53 Å². The summed E-state index contributed by atoms with van der Waals surface area (Å²) < 4.78 is 5.37. The van der Waals surface area contributed by atoms with Gasteiger partial charge >= 0.3 is 5.97 Å². The number of hydrogen-bond donors (Lipinski definition) is 0. The highest BCUT2D eigenvalue weighted by Crippen LogP contribution is 2.33. The topological polar surface area (TPSA) is 71.9 Å². The number of benzene rings is 3. The molecular weight excluding hydrogens is 458 g/mol. The van der Waals surface area contributed by atoms with E-state index < -0.39 is 12.6 Å². The average Bonchev–Trinajstić information content (AvgIpc) is 3.37. The van der Waals surface area contributed by atoms with Gasteiger partial charge in [0.2, 0.25) is 0 Å². The molecule has 2 heterocycles. The van der Waals surface area contributed by atoms with Gasteiger partial charge in [-0.15, -0.1) is 11.8 Å². The van der Waals surface area contributed by atoms with E-state index in [9.17, 15) is 9.59 Å².